The molecule has 1 N–H and O–H groups in total. The van der Waals surface area contributed by atoms with E-state index in [1.165, 1.54) is 5.56 Å². The lowest BCUT2D eigenvalue weighted by Gasteiger charge is -2.51. The van der Waals surface area contributed by atoms with E-state index in [1.54, 1.807) is 0 Å². The molecule has 1 saturated carbocycles. The Morgan fingerprint density at radius 1 is 1.10 bits per heavy atom. The van der Waals surface area contributed by atoms with Crippen LogP contribution in [0.1, 0.15) is 50.0 Å². The summed E-state index contributed by atoms with van der Waals surface area (Å²) in [7, 11) is 0. The third kappa shape index (κ3) is 2.37. The van der Waals surface area contributed by atoms with Crippen molar-refractivity contribution in [3.63, 3.8) is 0 Å². The number of aliphatic hydroxyl groups is 1. The molecule has 2 unspecified atom stereocenters. The molecular weight excluding hydrogens is 262 g/mol. The molecular formula is C18H23NO2. The molecule has 0 amide bonds. The Morgan fingerprint density at radius 3 is 2.48 bits per heavy atom. The molecule has 21 heavy (non-hydrogen) atoms. The number of nitriles is 1. The fourth-order valence-electron chi connectivity index (χ4n) is 4.22. The van der Waals surface area contributed by atoms with E-state index in [1.807, 2.05) is 18.2 Å². The van der Waals surface area contributed by atoms with Crippen LogP contribution in [0.4, 0.5) is 0 Å². The van der Waals surface area contributed by atoms with Crippen molar-refractivity contribution in [2.45, 2.75) is 50.0 Å². The zero-order chi connectivity index (χ0) is 14.8. The first-order chi connectivity index (χ1) is 10.2. The molecule has 112 valence electrons. The topological polar surface area (TPSA) is 53.2 Å². The monoisotopic (exact) mass is 285 g/mol. The predicted molar refractivity (Wildman–Crippen MR) is 80.7 cm³/mol. The number of benzene rings is 1. The van der Waals surface area contributed by atoms with Gasteiger partial charge in [0.25, 0.3) is 0 Å². The second kappa shape index (κ2) is 5.79. The zero-order valence-corrected chi connectivity index (χ0v) is 12.4. The first kappa shape index (κ1) is 14.6. The van der Waals surface area contributed by atoms with Crippen molar-refractivity contribution in [2.24, 2.45) is 5.41 Å². The quantitative estimate of drug-likeness (QED) is 0.906. The summed E-state index contributed by atoms with van der Waals surface area (Å²) in [5, 5.41) is 21.4. The Morgan fingerprint density at radius 2 is 1.81 bits per heavy atom. The van der Waals surface area contributed by atoms with Gasteiger partial charge < -0.3 is 9.84 Å². The molecule has 1 heterocycles. The van der Waals surface area contributed by atoms with Gasteiger partial charge in [-0.05, 0) is 31.2 Å². The summed E-state index contributed by atoms with van der Waals surface area (Å²) in [6.07, 6.45) is 5.10. The third-order valence-corrected chi connectivity index (χ3v) is 5.47. The third-order valence-electron chi connectivity index (χ3n) is 5.47. The van der Waals surface area contributed by atoms with Crippen molar-refractivity contribution in [1.82, 2.24) is 0 Å². The number of hydrogen-bond acceptors (Lipinski definition) is 3. The van der Waals surface area contributed by atoms with Crippen molar-refractivity contribution in [1.29, 1.82) is 5.26 Å². The Balaban J connectivity index is 2.00. The van der Waals surface area contributed by atoms with Crippen molar-refractivity contribution < 1.29 is 9.84 Å². The van der Waals surface area contributed by atoms with Gasteiger partial charge in [0.2, 0.25) is 0 Å². The standard InChI is InChI=1S/C18H23NO2/c19-14-17(10-12-21-13-11-17)18(20)9-5-4-8-16(18)15-6-2-1-3-7-15/h1-3,6-7,16,20H,4-5,8-13H2. The van der Waals surface area contributed by atoms with Gasteiger partial charge in [0.05, 0.1) is 17.1 Å². The summed E-state index contributed by atoms with van der Waals surface area (Å²) in [6, 6.07) is 12.7. The van der Waals surface area contributed by atoms with Gasteiger partial charge in [-0.2, -0.15) is 5.26 Å². The highest BCUT2D eigenvalue weighted by molar-refractivity contribution is 5.28. The molecule has 0 spiro atoms. The van der Waals surface area contributed by atoms with E-state index in [0.717, 1.165) is 25.7 Å². The van der Waals surface area contributed by atoms with Crippen LogP contribution in [0, 0.1) is 16.7 Å². The average molecular weight is 285 g/mol. The fourth-order valence-corrected chi connectivity index (χ4v) is 4.22. The highest BCUT2D eigenvalue weighted by atomic mass is 16.5. The van der Waals surface area contributed by atoms with E-state index >= 15 is 0 Å². The van der Waals surface area contributed by atoms with Crippen LogP contribution in [0.25, 0.3) is 0 Å². The molecule has 3 rings (SSSR count). The van der Waals surface area contributed by atoms with Crippen LogP contribution in [0.3, 0.4) is 0 Å². The van der Waals surface area contributed by atoms with Crippen LogP contribution >= 0.6 is 0 Å². The van der Waals surface area contributed by atoms with Crippen LogP contribution < -0.4 is 0 Å². The molecule has 2 aliphatic rings. The minimum Gasteiger partial charge on any atom is -0.388 e. The summed E-state index contributed by atoms with van der Waals surface area (Å²) in [6.45, 7) is 1.16. The molecule has 2 fully saturated rings. The summed E-state index contributed by atoms with van der Waals surface area (Å²) in [5.74, 6) is 0.0604. The van der Waals surface area contributed by atoms with Crippen LogP contribution in [-0.2, 0) is 4.74 Å². The normalized spacial score (nSPS) is 32.3. The van der Waals surface area contributed by atoms with Gasteiger partial charge in [-0.25, -0.2) is 0 Å². The maximum atomic E-state index is 11.6. The second-order valence-corrected chi connectivity index (χ2v) is 6.44. The average Bonchev–Trinajstić information content (AvgIpc) is 2.56. The van der Waals surface area contributed by atoms with E-state index < -0.39 is 11.0 Å². The molecule has 1 aromatic rings. The van der Waals surface area contributed by atoms with Crippen molar-refractivity contribution >= 4 is 0 Å². The Labute approximate surface area is 126 Å². The highest BCUT2D eigenvalue weighted by Crippen LogP contribution is 2.54. The number of hydrogen-bond donors (Lipinski definition) is 1. The summed E-state index contributed by atoms with van der Waals surface area (Å²) >= 11 is 0. The predicted octanol–water partition coefficient (Wildman–Crippen LogP) is 3.40. The van der Waals surface area contributed by atoms with Crippen molar-refractivity contribution in [3.8, 4) is 6.07 Å². The van der Waals surface area contributed by atoms with Gasteiger partial charge >= 0.3 is 0 Å². The minimum absolute atomic E-state index is 0.0604. The highest BCUT2D eigenvalue weighted by Gasteiger charge is 2.56. The van der Waals surface area contributed by atoms with Gasteiger partial charge in [0, 0.05) is 19.1 Å². The number of ether oxygens (including phenoxy) is 1. The maximum absolute atomic E-state index is 11.6. The first-order valence-corrected chi connectivity index (χ1v) is 7.98. The lowest BCUT2D eigenvalue weighted by Crippen LogP contribution is -2.55. The smallest absolute Gasteiger partial charge is 0.0909 e. The number of nitrogens with zero attached hydrogens (tertiary/aromatic N) is 1. The molecule has 1 aliphatic carbocycles. The van der Waals surface area contributed by atoms with E-state index in [4.69, 9.17) is 4.74 Å². The lowest BCUT2D eigenvalue weighted by molar-refractivity contribution is -0.135. The van der Waals surface area contributed by atoms with Gasteiger partial charge in [-0.1, -0.05) is 43.2 Å². The Kier molecular flexibility index (Phi) is 4.01. The summed E-state index contributed by atoms with van der Waals surface area (Å²) < 4.78 is 5.44. The van der Waals surface area contributed by atoms with Crippen LogP contribution in [-0.4, -0.2) is 23.9 Å². The molecule has 1 aromatic carbocycles. The van der Waals surface area contributed by atoms with Gasteiger partial charge in [-0.15, -0.1) is 0 Å². The first-order valence-electron chi connectivity index (χ1n) is 7.98. The zero-order valence-electron chi connectivity index (χ0n) is 12.4. The molecule has 2 atom stereocenters. The van der Waals surface area contributed by atoms with E-state index in [9.17, 15) is 10.4 Å². The van der Waals surface area contributed by atoms with Crippen LogP contribution in [0.2, 0.25) is 0 Å². The Bertz CT molecular complexity index is 516. The largest absolute Gasteiger partial charge is 0.388 e. The second-order valence-electron chi connectivity index (χ2n) is 6.44. The Hall–Kier alpha value is -1.37. The molecule has 3 nitrogen and oxygen atoms in total. The lowest BCUT2D eigenvalue weighted by atomic mass is 9.56. The molecule has 3 heteroatoms. The van der Waals surface area contributed by atoms with Crippen LogP contribution in [0.15, 0.2) is 30.3 Å². The maximum Gasteiger partial charge on any atom is 0.0909 e. The van der Waals surface area contributed by atoms with Crippen molar-refractivity contribution in [3.05, 3.63) is 35.9 Å². The summed E-state index contributed by atoms with van der Waals surface area (Å²) in [4.78, 5) is 0. The molecule has 0 aromatic heterocycles. The van der Waals surface area contributed by atoms with Crippen molar-refractivity contribution in [2.75, 3.05) is 13.2 Å². The summed E-state index contributed by atoms with van der Waals surface area (Å²) in [5.41, 5.74) is -0.419. The minimum atomic E-state index is -0.925. The van der Waals surface area contributed by atoms with E-state index in [-0.39, 0.29) is 5.92 Å². The molecule has 0 bridgehead atoms. The number of rotatable bonds is 2. The van der Waals surface area contributed by atoms with Gasteiger partial charge in [-0.3, -0.25) is 0 Å². The molecule has 1 saturated heterocycles. The van der Waals surface area contributed by atoms with E-state index in [0.29, 0.717) is 26.1 Å². The fraction of sp³-hybridized carbons (Fsp3) is 0.611. The molecule has 1 aliphatic heterocycles. The molecule has 0 radical (unpaired) electrons. The van der Waals surface area contributed by atoms with Gasteiger partial charge in [0.15, 0.2) is 0 Å². The van der Waals surface area contributed by atoms with Crippen LogP contribution in [0.5, 0.6) is 0 Å². The van der Waals surface area contributed by atoms with E-state index in [2.05, 4.69) is 18.2 Å². The SMILES string of the molecule is N#CC1(C2(O)CCCCC2c2ccccc2)CCOCC1. The van der Waals surface area contributed by atoms with Gasteiger partial charge in [0.1, 0.15) is 0 Å².